The van der Waals surface area contributed by atoms with Gasteiger partial charge in [0.05, 0.1) is 38.0 Å². The number of pyridine rings is 1. The fraction of sp³-hybridized carbons (Fsp3) is 0.333. The Hall–Kier alpha value is -3.50. The minimum atomic E-state index is -0.400. The molecule has 1 saturated heterocycles. The molecule has 2 aromatic carbocycles. The molecule has 0 amide bonds. The van der Waals surface area contributed by atoms with Crippen molar-refractivity contribution in [2.75, 3.05) is 58.2 Å². The van der Waals surface area contributed by atoms with Crippen LogP contribution in [0.3, 0.4) is 0 Å². The van der Waals surface area contributed by atoms with Crippen molar-refractivity contribution >= 4 is 40.2 Å². The van der Waals surface area contributed by atoms with Crippen molar-refractivity contribution in [3.05, 3.63) is 58.7 Å². The lowest BCUT2D eigenvalue weighted by atomic mass is 10.1. The quantitative estimate of drug-likeness (QED) is 0.147. The summed E-state index contributed by atoms with van der Waals surface area (Å²) in [5.41, 5.74) is 1.62. The zero-order valence-electron chi connectivity index (χ0n) is 21.3. The highest BCUT2D eigenvalue weighted by atomic mass is 32.2. The number of nitrogens with one attached hydrogen (secondary N) is 1. The minimum Gasteiger partial charge on any atom is -0.618 e. The first-order chi connectivity index (χ1) is 17.9. The van der Waals surface area contributed by atoms with Crippen LogP contribution in [0.1, 0.15) is 22.8 Å². The van der Waals surface area contributed by atoms with E-state index < -0.39 is 11.6 Å². The molecule has 0 bridgehead atoms. The summed E-state index contributed by atoms with van der Waals surface area (Å²) in [6, 6.07) is 6.33. The number of fused-ring (bicyclic) bond motifs is 1. The number of nitrogens with zero attached hydrogens (tertiary/aromatic N) is 2. The number of hydrogen-bond acceptors (Lipinski definition) is 8. The van der Waals surface area contributed by atoms with Crippen molar-refractivity contribution in [1.29, 1.82) is 0 Å². The van der Waals surface area contributed by atoms with Gasteiger partial charge in [-0.2, -0.15) is 4.73 Å². The highest BCUT2D eigenvalue weighted by molar-refractivity contribution is 7.99. The summed E-state index contributed by atoms with van der Waals surface area (Å²) < 4.78 is 32.1. The van der Waals surface area contributed by atoms with Gasteiger partial charge in [0.25, 0.3) is 0 Å². The van der Waals surface area contributed by atoms with Gasteiger partial charge in [-0.15, -0.1) is 11.8 Å². The van der Waals surface area contributed by atoms with Crippen LogP contribution in [-0.2, 0) is 0 Å². The Labute approximate surface area is 219 Å². The number of anilines is 1. The second-order valence-electron chi connectivity index (χ2n) is 8.35. The number of hydrogen-bond donors (Lipinski definition) is 1. The lowest BCUT2D eigenvalue weighted by Crippen LogP contribution is -2.44. The summed E-state index contributed by atoms with van der Waals surface area (Å²) in [4.78, 5) is 15.6. The molecule has 1 aliphatic heterocycles. The van der Waals surface area contributed by atoms with E-state index in [0.717, 1.165) is 13.1 Å². The summed E-state index contributed by atoms with van der Waals surface area (Å²) >= 11 is 1.43. The molecule has 2 heterocycles. The first kappa shape index (κ1) is 26.6. The molecule has 1 N–H and O–H groups in total. The number of allylic oxidation sites excluding steroid dienone is 1. The standard InChI is InChI=1S/C27H30FN3O5S/c1-5-37-27-24-18(15-20(28)25(27)30-10-8-29-9-11-30)14-19(16-31(24)33)21(32)7-6-17-12-22(34-2)26(36-4)23(13-17)35-3/h6-7,12-16,29H,5,8-11H2,1-4H3. The summed E-state index contributed by atoms with van der Waals surface area (Å²) in [5.74, 6) is 1.23. The number of methoxy groups -OCH3 is 3. The molecule has 10 heteroatoms. The second-order valence-corrected chi connectivity index (χ2v) is 9.63. The van der Waals surface area contributed by atoms with Gasteiger partial charge in [-0.1, -0.05) is 13.0 Å². The number of halogens is 1. The van der Waals surface area contributed by atoms with Crippen LogP contribution in [0, 0.1) is 11.0 Å². The Morgan fingerprint density at radius 2 is 1.81 bits per heavy atom. The molecule has 0 aliphatic carbocycles. The molecule has 3 aromatic rings. The number of carbonyl (C=O) groups excluding carboxylic acids is 1. The van der Waals surface area contributed by atoms with Crippen molar-refractivity contribution in [2.45, 2.75) is 11.8 Å². The summed E-state index contributed by atoms with van der Waals surface area (Å²) in [7, 11) is 4.53. The van der Waals surface area contributed by atoms with Gasteiger partial charge in [0.2, 0.25) is 11.3 Å². The molecular weight excluding hydrogens is 497 g/mol. The van der Waals surface area contributed by atoms with Crippen LogP contribution in [0.15, 0.2) is 41.4 Å². The molecule has 0 atom stereocenters. The topological polar surface area (TPSA) is 87.0 Å². The van der Waals surface area contributed by atoms with Gasteiger partial charge < -0.3 is 29.6 Å². The first-order valence-corrected chi connectivity index (χ1v) is 12.9. The number of piperazine rings is 1. The smallest absolute Gasteiger partial charge is 0.239 e. The van der Waals surface area contributed by atoms with Gasteiger partial charge in [0.15, 0.2) is 23.5 Å². The Morgan fingerprint density at radius 1 is 1.14 bits per heavy atom. The normalized spacial score (nSPS) is 13.8. The van der Waals surface area contributed by atoms with Crippen molar-refractivity contribution in [1.82, 2.24) is 5.32 Å². The van der Waals surface area contributed by atoms with E-state index >= 15 is 4.39 Å². The lowest BCUT2D eigenvalue weighted by Gasteiger charge is -2.31. The zero-order valence-corrected chi connectivity index (χ0v) is 22.1. The maximum atomic E-state index is 15.4. The molecule has 1 aliphatic rings. The van der Waals surface area contributed by atoms with E-state index in [9.17, 15) is 10.0 Å². The summed E-state index contributed by atoms with van der Waals surface area (Å²) in [6.45, 7) is 4.76. The van der Waals surface area contributed by atoms with Crippen molar-refractivity contribution in [3.8, 4) is 17.2 Å². The number of ketones is 1. The van der Waals surface area contributed by atoms with Crippen LogP contribution in [0.25, 0.3) is 17.0 Å². The largest absolute Gasteiger partial charge is 0.618 e. The third-order valence-electron chi connectivity index (χ3n) is 6.12. The van der Waals surface area contributed by atoms with E-state index in [1.165, 1.54) is 51.4 Å². The van der Waals surface area contributed by atoms with E-state index in [2.05, 4.69) is 5.32 Å². The Balaban J connectivity index is 1.72. The maximum Gasteiger partial charge on any atom is 0.239 e. The first-order valence-electron chi connectivity index (χ1n) is 11.9. The van der Waals surface area contributed by atoms with Crippen LogP contribution >= 0.6 is 11.8 Å². The Kier molecular flexibility index (Phi) is 8.40. The average Bonchev–Trinajstić information content (AvgIpc) is 2.91. The fourth-order valence-corrected chi connectivity index (χ4v) is 5.42. The maximum absolute atomic E-state index is 15.4. The Morgan fingerprint density at radius 3 is 2.41 bits per heavy atom. The molecule has 1 aromatic heterocycles. The number of carbonyl (C=O) groups is 1. The van der Waals surface area contributed by atoms with Gasteiger partial charge in [0, 0.05) is 26.2 Å². The number of benzene rings is 2. The Bertz CT molecular complexity index is 1320. The van der Waals surface area contributed by atoms with Gasteiger partial charge in [-0.05, 0) is 41.7 Å². The van der Waals surface area contributed by atoms with Gasteiger partial charge in [-0.25, -0.2) is 4.39 Å². The lowest BCUT2D eigenvalue weighted by molar-refractivity contribution is -0.578. The van der Waals surface area contributed by atoms with Gasteiger partial charge in [0.1, 0.15) is 10.7 Å². The molecule has 0 unspecified atom stereocenters. The number of thioether (sulfide) groups is 1. The minimum absolute atomic E-state index is 0.160. The van der Waals surface area contributed by atoms with Crippen molar-refractivity contribution < 1.29 is 28.1 Å². The molecule has 0 saturated carbocycles. The third-order valence-corrected chi connectivity index (χ3v) is 7.08. The average molecular weight is 528 g/mol. The van der Waals surface area contributed by atoms with Gasteiger partial charge >= 0.3 is 0 Å². The SMILES string of the molecule is CCSc1c(N2CCNCC2)c(F)cc2cc(C(=O)C=Cc3cc(OC)c(OC)c(OC)c3)c[n+]([O-])c12. The third kappa shape index (κ3) is 5.45. The molecule has 0 radical (unpaired) electrons. The highest BCUT2D eigenvalue weighted by Crippen LogP contribution is 2.39. The van der Waals surface area contributed by atoms with Gasteiger partial charge in [-0.3, -0.25) is 4.79 Å². The van der Waals surface area contributed by atoms with Crippen LogP contribution in [0.5, 0.6) is 17.2 Å². The van der Waals surface area contributed by atoms with Crippen LogP contribution in [-0.4, -0.2) is 59.0 Å². The highest BCUT2D eigenvalue weighted by Gasteiger charge is 2.26. The van der Waals surface area contributed by atoms with Crippen molar-refractivity contribution in [3.63, 3.8) is 0 Å². The molecular formula is C27H30FN3O5S. The van der Waals surface area contributed by atoms with E-state index in [-0.39, 0.29) is 5.56 Å². The molecule has 4 rings (SSSR count). The van der Waals surface area contributed by atoms with E-state index in [4.69, 9.17) is 14.2 Å². The monoisotopic (exact) mass is 527 g/mol. The van der Waals surface area contributed by atoms with E-state index in [0.29, 0.717) is 67.9 Å². The number of ether oxygens (including phenoxy) is 3. The molecule has 8 nitrogen and oxygen atoms in total. The number of rotatable bonds is 9. The predicted octanol–water partition coefficient (Wildman–Crippen LogP) is 4.06. The molecule has 196 valence electrons. The second kappa shape index (κ2) is 11.7. The zero-order chi connectivity index (χ0) is 26.5. The molecule has 1 fully saturated rings. The van der Waals surface area contributed by atoms with Crippen LogP contribution in [0.2, 0.25) is 0 Å². The fourth-order valence-electron chi connectivity index (χ4n) is 4.42. The van der Waals surface area contributed by atoms with Crippen molar-refractivity contribution in [2.24, 2.45) is 0 Å². The molecule has 0 spiro atoms. The van der Waals surface area contributed by atoms with Crippen LogP contribution in [0.4, 0.5) is 10.1 Å². The predicted molar refractivity (Wildman–Crippen MR) is 144 cm³/mol. The van der Waals surface area contributed by atoms with E-state index in [1.807, 2.05) is 11.8 Å². The van der Waals surface area contributed by atoms with Crippen LogP contribution < -0.4 is 29.2 Å². The number of aromatic nitrogens is 1. The summed E-state index contributed by atoms with van der Waals surface area (Å²) in [5, 5.41) is 16.8. The molecule has 37 heavy (non-hydrogen) atoms. The van der Waals surface area contributed by atoms with E-state index in [1.54, 1.807) is 24.3 Å². The summed E-state index contributed by atoms with van der Waals surface area (Å²) in [6.07, 6.45) is 4.21.